The van der Waals surface area contributed by atoms with E-state index in [1.54, 1.807) is 0 Å². The van der Waals surface area contributed by atoms with Gasteiger partial charge < -0.3 is 11.1 Å². The summed E-state index contributed by atoms with van der Waals surface area (Å²) in [7, 11) is 0. The van der Waals surface area contributed by atoms with Crippen LogP contribution < -0.4 is 11.1 Å². The lowest BCUT2D eigenvalue weighted by Gasteiger charge is -2.18. The Hall–Kier alpha value is -1.95. The molecule has 0 fully saturated rings. The number of aromatic nitrogens is 4. The van der Waals surface area contributed by atoms with Crippen LogP contribution in [0.3, 0.4) is 0 Å². The lowest BCUT2D eigenvalue weighted by atomic mass is 10.1. The van der Waals surface area contributed by atoms with Gasteiger partial charge >= 0.3 is 0 Å². The number of nitrogens with zero attached hydrogens (tertiary/aromatic N) is 3. The highest BCUT2D eigenvalue weighted by Crippen LogP contribution is 2.33. The SMILES string of the molecule is CC(NC1CCc2cc(N)ccc21)c1nn[nH]n1. The Morgan fingerprint density at radius 1 is 1.50 bits per heavy atom. The number of tetrazole rings is 1. The van der Waals surface area contributed by atoms with E-state index in [2.05, 4.69) is 38.1 Å². The molecule has 0 amide bonds. The zero-order valence-electron chi connectivity index (χ0n) is 10.2. The van der Waals surface area contributed by atoms with E-state index in [9.17, 15) is 0 Å². The standard InChI is InChI=1S/C12H16N6/c1-7(12-15-17-18-16-12)14-11-5-2-8-6-9(13)3-4-10(8)11/h3-4,6-7,11,14H,2,5,13H2,1H3,(H,15,16,17,18). The number of nitrogens with two attached hydrogens (primary N) is 1. The van der Waals surface area contributed by atoms with E-state index < -0.39 is 0 Å². The highest BCUT2D eigenvalue weighted by molar-refractivity contribution is 5.47. The fourth-order valence-electron chi connectivity index (χ4n) is 2.54. The van der Waals surface area contributed by atoms with Crippen molar-refractivity contribution < 1.29 is 0 Å². The molecule has 1 aromatic carbocycles. The van der Waals surface area contributed by atoms with Gasteiger partial charge in [-0.15, -0.1) is 10.2 Å². The summed E-state index contributed by atoms with van der Waals surface area (Å²) in [5, 5.41) is 17.6. The van der Waals surface area contributed by atoms with Crippen molar-refractivity contribution in [3.63, 3.8) is 0 Å². The van der Waals surface area contributed by atoms with Crippen molar-refractivity contribution in [2.24, 2.45) is 0 Å². The molecule has 1 aliphatic carbocycles. The van der Waals surface area contributed by atoms with Crippen molar-refractivity contribution in [2.75, 3.05) is 5.73 Å². The Morgan fingerprint density at radius 2 is 2.39 bits per heavy atom. The molecule has 1 aliphatic rings. The summed E-state index contributed by atoms with van der Waals surface area (Å²) < 4.78 is 0. The quantitative estimate of drug-likeness (QED) is 0.704. The van der Waals surface area contributed by atoms with Crippen molar-refractivity contribution >= 4 is 5.69 Å². The first kappa shape index (κ1) is 11.2. The normalized spacial score (nSPS) is 19.7. The van der Waals surface area contributed by atoms with Crippen LogP contribution in [-0.2, 0) is 6.42 Å². The van der Waals surface area contributed by atoms with Gasteiger partial charge in [0, 0.05) is 11.7 Å². The third kappa shape index (κ3) is 1.95. The number of fused-ring (bicyclic) bond motifs is 1. The molecule has 0 aliphatic heterocycles. The monoisotopic (exact) mass is 244 g/mol. The van der Waals surface area contributed by atoms with Crippen LogP contribution in [0.1, 0.15) is 42.4 Å². The van der Waals surface area contributed by atoms with Crippen LogP contribution in [0, 0.1) is 0 Å². The van der Waals surface area contributed by atoms with Gasteiger partial charge in [0.15, 0.2) is 5.82 Å². The first-order valence-corrected chi connectivity index (χ1v) is 6.11. The number of anilines is 1. The maximum Gasteiger partial charge on any atom is 0.191 e. The van der Waals surface area contributed by atoms with Crippen molar-refractivity contribution in [2.45, 2.75) is 31.8 Å². The Labute approximate surface area is 105 Å². The number of aromatic amines is 1. The average Bonchev–Trinajstić information content (AvgIpc) is 2.98. The van der Waals surface area contributed by atoms with Crippen LogP contribution in [0.25, 0.3) is 0 Å². The molecule has 1 aromatic heterocycles. The number of aryl methyl sites for hydroxylation is 1. The minimum atomic E-state index is 0.0808. The molecule has 94 valence electrons. The molecule has 2 aromatic rings. The van der Waals surface area contributed by atoms with Crippen LogP contribution >= 0.6 is 0 Å². The van der Waals surface area contributed by atoms with Gasteiger partial charge in [-0.2, -0.15) is 5.21 Å². The van der Waals surface area contributed by atoms with Gasteiger partial charge in [-0.3, -0.25) is 0 Å². The van der Waals surface area contributed by atoms with Crippen LogP contribution in [-0.4, -0.2) is 20.6 Å². The van der Waals surface area contributed by atoms with Crippen molar-refractivity contribution in [1.29, 1.82) is 0 Å². The van der Waals surface area contributed by atoms with Crippen LogP contribution in [0.15, 0.2) is 18.2 Å². The predicted octanol–water partition coefficient (Wildman–Crippen LogP) is 1.12. The highest BCUT2D eigenvalue weighted by atomic mass is 15.5. The van der Waals surface area contributed by atoms with E-state index in [1.807, 2.05) is 13.0 Å². The zero-order valence-corrected chi connectivity index (χ0v) is 10.2. The van der Waals surface area contributed by atoms with Gasteiger partial charge in [0.25, 0.3) is 0 Å². The second-order valence-corrected chi connectivity index (χ2v) is 4.71. The van der Waals surface area contributed by atoms with Crippen LogP contribution in [0.2, 0.25) is 0 Å². The minimum absolute atomic E-state index is 0.0808. The van der Waals surface area contributed by atoms with Crippen LogP contribution in [0.4, 0.5) is 5.69 Å². The molecule has 1 heterocycles. The lowest BCUT2D eigenvalue weighted by molar-refractivity contribution is 0.450. The number of hydrogen-bond acceptors (Lipinski definition) is 5. The Balaban J connectivity index is 1.77. The fourth-order valence-corrected chi connectivity index (χ4v) is 2.54. The third-order valence-electron chi connectivity index (χ3n) is 3.45. The topological polar surface area (TPSA) is 92.5 Å². The van der Waals surface area contributed by atoms with Gasteiger partial charge in [0.2, 0.25) is 0 Å². The number of hydrogen-bond donors (Lipinski definition) is 3. The number of H-pyrrole nitrogens is 1. The van der Waals surface area contributed by atoms with Crippen LogP contribution in [0.5, 0.6) is 0 Å². The summed E-state index contributed by atoms with van der Waals surface area (Å²) in [6.07, 6.45) is 2.15. The second-order valence-electron chi connectivity index (χ2n) is 4.71. The van der Waals surface area contributed by atoms with E-state index in [-0.39, 0.29) is 6.04 Å². The van der Waals surface area contributed by atoms with E-state index in [1.165, 1.54) is 11.1 Å². The highest BCUT2D eigenvalue weighted by Gasteiger charge is 2.24. The number of nitrogens with one attached hydrogen (secondary N) is 2. The molecule has 0 bridgehead atoms. The largest absolute Gasteiger partial charge is 0.399 e. The summed E-state index contributed by atoms with van der Waals surface area (Å²) in [4.78, 5) is 0. The zero-order chi connectivity index (χ0) is 12.5. The molecular formula is C12H16N6. The van der Waals surface area contributed by atoms with Crippen molar-refractivity contribution in [1.82, 2.24) is 25.9 Å². The van der Waals surface area contributed by atoms with Crippen molar-refractivity contribution in [3.8, 4) is 0 Å². The lowest BCUT2D eigenvalue weighted by Crippen LogP contribution is -2.24. The van der Waals surface area contributed by atoms with Gasteiger partial charge in [-0.05, 0) is 43.0 Å². The molecule has 18 heavy (non-hydrogen) atoms. The molecule has 2 unspecified atom stereocenters. The van der Waals surface area contributed by atoms with E-state index in [0.717, 1.165) is 18.5 Å². The number of rotatable bonds is 3. The summed E-state index contributed by atoms with van der Waals surface area (Å²) in [6, 6.07) is 6.55. The van der Waals surface area contributed by atoms with E-state index >= 15 is 0 Å². The van der Waals surface area contributed by atoms with E-state index in [0.29, 0.717) is 11.9 Å². The Bertz CT molecular complexity index is 536. The van der Waals surface area contributed by atoms with Gasteiger partial charge in [0.1, 0.15) is 0 Å². The summed E-state index contributed by atoms with van der Waals surface area (Å²) >= 11 is 0. The molecule has 6 nitrogen and oxygen atoms in total. The summed E-state index contributed by atoms with van der Waals surface area (Å²) in [5.74, 6) is 0.693. The second kappa shape index (κ2) is 4.38. The first-order chi connectivity index (χ1) is 8.74. The van der Waals surface area contributed by atoms with E-state index in [4.69, 9.17) is 5.73 Å². The molecule has 4 N–H and O–H groups in total. The first-order valence-electron chi connectivity index (χ1n) is 6.11. The molecule has 6 heteroatoms. The maximum absolute atomic E-state index is 5.80. The molecule has 3 rings (SSSR count). The van der Waals surface area contributed by atoms with Crippen molar-refractivity contribution in [3.05, 3.63) is 35.2 Å². The molecule has 0 radical (unpaired) electrons. The number of nitrogen functional groups attached to an aromatic ring is 1. The van der Waals surface area contributed by atoms with Gasteiger partial charge in [0.05, 0.1) is 6.04 Å². The van der Waals surface area contributed by atoms with Gasteiger partial charge in [-0.25, -0.2) is 0 Å². The fraction of sp³-hybridized carbons (Fsp3) is 0.417. The summed E-state index contributed by atoms with van der Waals surface area (Å²) in [5.41, 5.74) is 9.31. The predicted molar refractivity (Wildman–Crippen MR) is 67.6 cm³/mol. The molecule has 0 spiro atoms. The van der Waals surface area contributed by atoms with Gasteiger partial charge in [-0.1, -0.05) is 11.3 Å². The number of benzene rings is 1. The maximum atomic E-state index is 5.80. The average molecular weight is 244 g/mol. The Morgan fingerprint density at radius 3 is 3.17 bits per heavy atom. The smallest absolute Gasteiger partial charge is 0.191 e. The minimum Gasteiger partial charge on any atom is -0.399 e. The Kier molecular flexibility index (Phi) is 2.71. The molecule has 0 saturated heterocycles. The molecule has 0 saturated carbocycles. The summed E-state index contributed by atoms with van der Waals surface area (Å²) in [6.45, 7) is 2.04. The molecular weight excluding hydrogens is 228 g/mol. The third-order valence-corrected chi connectivity index (χ3v) is 3.45. The molecule has 2 atom stereocenters.